The third-order valence-electron chi connectivity index (χ3n) is 3.46. The quantitative estimate of drug-likeness (QED) is 0.319. The summed E-state index contributed by atoms with van der Waals surface area (Å²) in [6.07, 6.45) is 0.634. The smallest absolute Gasteiger partial charge is 0.140 e. The molecule has 0 aliphatic carbocycles. The Morgan fingerprint density at radius 3 is 2.75 bits per heavy atom. The van der Waals surface area contributed by atoms with Crippen molar-refractivity contribution in [2.24, 2.45) is 10.9 Å². The Morgan fingerprint density at radius 1 is 1.56 bits per heavy atom. The van der Waals surface area contributed by atoms with Crippen LogP contribution in [0.5, 0.6) is 0 Å². The lowest BCUT2D eigenvalue weighted by Gasteiger charge is -2.42. The molecule has 1 saturated heterocycles. The highest BCUT2D eigenvalue weighted by Gasteiger charge is 2.25. The third kappa shape index (κ3) is 3.35. The topological polar surface area (TPSA) is 65.1 Å². The van der Waals surface area contributed by atoms with Crippen molar-refractivity contribution >= 4 is 5.84 Å². The minimum absolute atomic E-state index is 0.318. The van der Waals surface area contributed by atoms with Crippen LogP contribution in [0.2, 0.25) is 0 Å². The fourth-order valence-corrected chi connectivity index (χ4v) is 2.37. The van der Waals surface area contributed by atoms with Gasteiger partial charge < -0.3 is 10.9 Å². The van der Waals surface area contributed by atoms with Gasteiger partial charge in [-0.15, -0.1) is 0 Å². The number of piperazine rings is 1. The molecule has 0 radical (unpaired) electrons. The monoisotopic (exact) mass is 228 g/mol. The Labute approximate surface area is 97.9 Å². The molecular formula is C11H24N4O. The zero-order valence-corrected chi connectivity index (χ0v) is 10.6. The van der Waals surface area contributed by atoms with Gasteiger partial charge in [-0.1, -0.05) is 12.1 Å². The number of nitrogens with two attached hydrogens (primary N) is 1. The van der Waals surface area contributed by atoms with Gasteiger partial charge in [0.2, 0.25) is 0 Å². The van der Waals surface area contributed by atoms with Crippen LogP contribution in [0.3, 0.4) is 0 Å². The van der Waals surface area contributed by atoms with Gasteiger partial charge in [-0.25, -0.2) is 0 Å². The molecule has 0 aromatic rings. The molecule has 0 spiro atoms. The summed E-state index contributed by atoms with van der Waals surface area (Å²) in [7, 11) is 0. The molecule has 2 atom stereocenters. The van der Waals surface area contributed by atoms with E-state index in [1.807, 2.05) is 0 Å². The molecule has 1 fully saturated rings. The average Bonchev–Trinajstić information content (AvgIpc) is 2.28. The number of nitrogens with zero attached hydrogens (tertiary/aromatic N) is 3. The Morgan fingerprint density at radius 2 is 2.25 bits per heavy atom. The zero-order chi connectivity index (χ0) is 12.1. The van der Waals surface area contributed by atoms with E-state index in [-0.39, 0.29) is 0 Å². The highest BCUT2D eigenvalue weighted by atomic mass is 16.4. The van der Waals surface area contributed by atoms with Gasteiger partial charge in [0.25, 0.3) is 0 Å². The summed E-state index contributed by atoms with van der Waals surface area (Å²) in [5.41, 5.74) is 5.53. The SMILES string of the molecule is CCN1CCN(C(C)CC(N)=NO)CC1C. The molecule has 0 amide bonds. The van der Waals surface area contributed by atoms with Crippen LogP contribution in [0.15, 0.2) is 5.16 Å². The Bertz CT molecular complexity index is 244. The van der Waals surface area contributed by atoms with Gasteiger partial charge in [-0.3, -0.25) is 9.80 Å². The molecule has 0 aromatic heterocycles. The Hall–Kier alpha value is -0.810. The van der Waals surface area contributed by atoms with Crippen LogP contribution in [0.4, 0.5) is 0 Å². The number of amidine groups is 1. The summed E-state index contributed by atoms with van der Waals surface area (Å²) in [5, 5.41) is 11.6. The van der Waals surface area contributed by atoms with Crippen molar-refractivity contribution in [3.63, 3.8) is 0 Å². The molecule has 16 heavy (non-hydrogen) atoms. The van der Waals surface area contributed by atoms with Crippen LogP contribution in [0, 0.1) is 0 Å². The van der Waals surface area contributed by atoms with E-state index in [2.05, 4.69) is 35.7 Å². The van der Waals surface area contributed by atoms with Crippen molar-refractivity contribution < 1.29 is 5.21 Å². The van der Waals surface area contributed by atoms with Crippen LogP contribution >= 0.6 is 0 Å². The predicted molar refractivity (Wildman–Crippen MR) is 65.8 cm³/mol. The van der Waals surface area contributed by atoms with E-state index >= 15 is 0 Å². The molecule has 1 aliphatic heterocycles. The van der Waals surface area contributed by atoms with E-state index in [1.54, 1.807) is 0 Å². The van der Waals surface area contributed by atoms with E-state index in [1.165, 1.54) is 0 Å². The second kappa shape index (κ2) is 6.06. The fourth-order valence-electron chi connectivity index (χ4n) is 2.37. The lowest BCUT2D eigenvalue weighted by atomic mass is 10.1. The zero-order valence-electron chi connectivity index (χ0n) is 10.6. The van der Waals surface area contributed by atoms with Gasteiger partial charge in [0.05, 0.1) is 0 Å². The molecule has 1 heterocycles. The minimum Gasteiger partial charge on any atom is -0.409 e. The first-order valence-corrected chi connectivity index (χ1v) is 6.03. The van der Waals surface area contributed by atoms with E-state index in [0.717, 1.165) is 26.2 Å². The number of oxime groups is 1. The van der Waals surface area contributed by atoms with Gasteiger partial charge in [-0.05, 0) is 20.4 Å². The van der Waals surface area contributed by atoms with Crippen molar-refractivity contribution in [2.75, 3.05) is 26.2 Å². The van der Waals surface area contributed by atoms with Crippen molar-refractivity contribution in [3.8, 4) is 0 Å². The molecule has 5 nitrogen and oxygen atoms in total. The maximum Gasteiger partial charge on any atom is 0.140 e. The van der Waals surface area contributed by atoms with Crippen LogP contribution in [0.25, 0.3) is 0 Å². The highest BCUT2D eigenvalue weighted by Crippen LogP contribution is 2.13. The normalized spacial score (nSPS) is 26.9. The summed E-state index contributed by atoms with van der Waals surface area (Å²) in [4.78, 5) is 4.89. The molecular weight excluding hydrogens is 204 g/mol. The molecule has 5 heteroatoms. The van der Waals surface area contributed by atoms with Crippen LogP contribution in [-0.4, -0.2) is 59.1 Å². The Kier molecular flexibility index (Phi) is 5.02. The van der Waals surface area contributed by atoms with Gasteiger partial charge in [0, 0.05) is 38.1 Å². The number of likely N-dealkylation sites (N-methyl/N-ethyl adjacent to an activating group) is 1. The van der Waals surface area contributed by atoms with E-state index in [4.69, 9.17) is 10.9 Å². The van der Waals surface area contributed by atoms with Crippen LogP contribution in [0.1, 0.15) is 27.2 Å². The van der Waals surface area contributed by atoms with Gasteiger partial charge >= 0.3 is 0 Å². The van der Waals surface area contributed by atoms with Crippen molar-refractivity contribution in [3.05, 3.63) is 0 Å². The van der Waals surface area contributed by atoms with Crippen LogP contribution < -0.4 is 5.73 Å². The summed E-state index contributed by atoms with van der Waals surface area (Å²) in [6.45, 7) is 10.9. The molecule has 1 aliphatic rings. The molecule has 1 rings (SSSR count). The maximum absolute atomic E-state index is 8.55. The van der Waals surface area contributed by atoms with Crippen molar-refractivity contribution in [1.82, 2.24) is 9.80 Å². The lowest BCUT2D eigenvalue weighted by molar-refractivity contribution is 0.0654. The number of hydrogen-bond donors (Lipinski definition) is 2. The minimum atomic E-state index is 0.318. The average molecular weight is 228 g/mol. The van der Waals surface area contributed by atoms with E-state index in [9.17, 15) is 0 Å². The lowest BCUT2D eigenvalue weighted by Crippen LogP contribution is -2.54. The first kappa shape index (κ1) is 13.3. The van der Waals surface area contributed by atoms with E-state index in [0.29, 0.717) is 24.3 Å². The van der Waals surface area contributed by atoms with E-state index < -0.39 is 0 Å². The van der Waals surface area contributed by atoms with Crippen molar-refractivity contribution in [1.29, 1.82) is 0 Å². The first-order chi connectivity index (χ1) is 7.58. The second-order valence-corrected chi connectivity index (χ2v) is 4.62. The van der Waals surface area contributed by atoms with Crippen LogP contribution in [-0.2, 0) is 0 Å². The highest BCUT2D eigenvalue weighted by molar-refractivity contribution is 5.80. The molecule has 94 valence electrons. The van der Waals surface area contributed by atoms with Gasteiger partial charge in [-0.2, -0.15) is 0 Å². The summed E-state index contributed by atoms with van der Waals surface area (Å²) >= 11 is 0. The Balaban J connectivity index is 2.44. The summed E-state index contributed by atoms with van der Waals surface area (Å²) in [5.74, 6) is 0.318. The molecule has 0 bridgehead atoms. The second-order valence-electron chi connectivity index (χ2n) is 4.62. The van der Waals surface area contributed by atoms with Crippen molar-refractivity contribution in [2.45, 2.75) is 39.3 Å². The number of hydrogen-bond acceptors (Lipinski definition) is 4. The summed E-state index contributed by atoms with van der Waals surface area (Å²) < 4.78 is 0. The predicted octanol–water partition coefficient (Wildman–Crippen LogP) is 0.537. The first-order valence-electron chi connectivity index (χ1n) is 6.03. The molecule has 2 unspecified atom stereocenters. The molecule has 3 N–H and O–H groups in total. The molecule has 0 saturated carbocycles. The standard InChI is InChI=1S/C11H24N4O/c1-4-14-5-6-15(8-10(14)3)9(2)7-11(12)13-16/h9-10,16H,4-8H2,1-3H3,(H2,12,13). The van der Waals surface area contributed by atoms with Gasteiger partial charge in [0.15, 0.2) is 0 Å². The maximum atomic E-state index is 8.55. The molecule has 0 aromatic carbocycles. The largest absolute Gasteiger partial charge is 0.409 e. The summed E-state index contributed by atoms with van der Waals surface area (Å²) in [6, 6.07) is 0.936. The third-order valence-corrected chi connectivity index (χ3v) is 3.46. The van der Waals surface area contributed by atoms with Gasteiger partial charge in [0.1, 0.15) is 5.84 Å². The fraction of sp³-hybridized carbons (Fsp3) is 0.909. The number of rotatable bonds is 4.